The van der Waals surface area contributed by atoms with E-state index in [1.165, 1.54) is 18.4 Å². The van der Waals surface area contributed by atoms with Gasteiger partial charge in [0.15, 0.2) is 0 Å². The van der Waals surface area contributed by atoms with Crippen LogP contribution in [0.2, 0.25) is 0 Å². The fourth-order valence-electron chi connectivity index (χ4n) is 1.93. The van der Waals surface area contributed by atoms with Crippen LogP contribution in [0.3, 0.4) is 0 Å². The molecule has 0 aliphatic heterocycles. The second kappa shape index (κ2) is 6.29. The van der Waals surface area contributed by atoms with Crippen molar-refractivity contribution in [3.8, 4) is 11.8 Å². The summed E-state index contributed by atoms with van der Waals surface area (Å²) in [6, 6.07) is 8.66. The van der Waals surface area contributed by atoms with Crippen LogP contribution in [0.15, 0.2) is 24.3 Å². The van der Waals surface area contributed by atoms with Crippen LogP contribution in [0.25, 0.3) is 0 Å². The van der Waals surface area contributed by atoms with Crippen molar-refractivity contribution in [3.05, 3.63) is 35.4 Å². The number of benzene rings is 1. The van der Waals surface area contributed by atoms with Gasteiger partial charge < -0.3 is 0 Å². The van der Waals surface area contributed by atoms with Gasteiger partial charge in [-0.15, -0.1) is 0 Å². The van der Waals surface area contributed by atoms with Gasteiger partial charge in [0.05, 0.1) is 0 Å². The molecule has 0 spiro atoms. The summed E-state index contributed by atoms with van der Waals surface area (Å²) in [6.07, 6.45) is 3.43. The van der Waals surface area contributed by atoms with E-state index in [1.54, 1.807) is 0 Å². The molecule has 1 aromatic carbocycles. The number of hydrogen-bond donors (Lipinski definition) is 0. The third-order valence-electron chi connectivity index (χ3n) is 3.21. The lowest BCUT2D eigenvalue weighted by atomic mass is 9.87. The summed E-state index contributed by atoms with van der Waals surface area (Å²) in [5.41, 5.74) is 3.14. The summed E-state index contributed by atoms with van der Waals surface area (Å²) in [5.74, 6) is 6.54. The van der Waals surface area contributed by atoms with Crippen molar-refractivity contribution in [3.63, 3.8) is 0 Å². The average molecular weight is 256 g/mol. The first-order chi connectivity index (χ1) is 8.68. The molecule has 0 aliphatic rings. The van der Waals surface area contributed by atoms with Crippen LogP contribution >= 0.6 is 0 Å². The smallest absolute Gasteiger partial charge is 0.0245 e. The predicted molar refractivity (Wildman–Crippen MR) is 85.3 cm³/mol. The minimum Gasteiger partial charge on any atom is -0.0979 e. The molecule has 0 saturated heterocycles. The first kappa shape index (κ1) is 15.8. The van der Waals surface area contributed by atoms with E-state index in [-0.39, 0.29) is 5.41 Å². The fourth-order valence-corrected chi connectivity index (χ4v) is 1.93. The van der Waals surface area contributed by atoms with Gasteiger partial charge in [0.1, 0.15) is 0 Å². The molecule has 1 aromatic rings. The van der Waals surface area contributed by atoms with Crippen molar-refractivity contribution in [2.24, 2.45) is 5.41 Å². The Morgan fingerprint density at radius 1 is 0.895 bits per heavy atom. The Balaban J connectivity index is 2.51. The molecule has 0 heterocycles. The maximum atomic E-state index is 3.28. The van der Waals surface area contributed by atoms with Gasteiger partial charge in [-0.3, -0.25) is 0 Å². The van der Waals surface area contributed by atoms with E-state index in [2.05, 4.69) is 77.6 Å². The van der Waals surface area contributed by atoms with Crippen molar-refractivity contribution in [1.82, 2.24) is 0 Å². The molecule has 104 valence electrons. The Bertz CT molecular complexity index is 438. The van der Waals surface area contributed by atoms with Crippen LogP contribution in [-0.2, 0) is 5.41 Å². The lowest BCUT2D eigenvalue weighted by Gasteiger charge is -2.18. The largest absolute Gasteiger partial charge is 0.0979 e. The van der Waals surface area contributed by atoms with Gasteiger partial charge in [0.2, 0.25) is 0 Å². The average Bonchev–Trinajstić information content (AvgIpc) is 2.26. The quantitative estimate of drug-likeness (QED) is 0.480. The molecule has 19 heavy (non-hydrogen) atoms. The number of unbranched alkanes of at least 4 members (excludes halogenated alkanes) is 1. The standard InChI is InChI=1S/C19H28/c1-18(2,3)15-9-7-8-10-16-11-13-17(14-12-16)19(4,5)6/h11-14H,7,9,15H2,1-6H3. The highest BCUT2D eigenvalue weighted by molar-refractivity contribution is 5.37. The molecule has 0 heteroatoms. The van der Waals surface area contributed by atoms with E-state index < -0.39 is 0 Å². The van der Waals surface area contributed by atoms with Crippen LogP contribution in [-0.4, -0.2) is 0 Å². The van der Waals surface area contributed by atoms with E-state index in [9.17, 15) is 0 Å². The monoisotopic (exact) mass is 256 g/mol. The SMILES string of the molecule is CC(C)(C)CCCC#Cc1ccc(C(C)(C)C)cc1. The zero-order chi connectivity index (χ0) is 14.5. The van der Waals surface area contributed by atoms with E-state index in [0.29, 0.717) is 5.41 Å². The molecular weight excluding hydrogens is 228 g/mol. The summed E-state index contributed by atoms with van der Waals surface area (Å²) >= 11 is 0. The molecule has 0 aliphatic carbocycles. The lowest BCUT2D eigenvalue weighted by molar-refractivity contribution is 0.368. The Kier molecular flexibility index (Phi) is 5.24. The summed E-state index contributed by atoms with van der Waals surface area (Å²) in [5, 5.41) is 0. The van der Waals surface area contributed by atoms with Crippen molar-refractivity contribution < 1.29 is 0 Å². The lowest BCUT2D eigenvalue weighted by Crippen LogP contribution is -2.10. The van der Waals surface area contributed by atoms with Gasteiger partial charge in [0.25, 0.3) is 0 Å². The van der Waals surface area contributed by atoms with Crippen molar-refractivity contribution in [1.29, 1.82) is 0 Å². The van der Waals surface area contributed by atoms with Gasteiger partial charge in [0, 0.05) is 12.0 Å². The van der Waals surface area contributed by atoms with Crippen molar-refractivity contribution >= 4 is 0 Å². The molecule has 0 saturated carbocycles. The van der Waals surface area contributed by atoms with Crippen LogP contribution in [0, 0.1) is 17.3 Å². The highest BCUT2D eigenvalue weighted by Gasteiger charge is 2.12. The van der Waals surface area contributed by atoms with Crippen LogP contribution < -0.4 is 0 Å². The van der Waals surface area contributed by atoms with Gasteiger partial charge in [-0.1, -0.05) is 65.5 Å². The minimum absolute atomic E-state index is 0.221. The second-order valence-electron chi connectivity index (χ2n) is 7.54. The van der Waals surface area contributed by atoms with Crippen molar-refractivity contribution in [2.75, 3.05) is 0 Å². The third kappa shape index (κ3) is 6.48. The van der Waals surface area contributed by atoms with Crippen LogP contribution in [0.5, 0.6) is 0 Å². The molecule has 0 amide bonds. The molecule has 0 unspecified atom stereocenters. The normalized spacial score (nSPS) is 11.9. The van der Waals surface area contributed by atoms with Gasteiger partial charge in [-0.25, -0.2) is 0 Å². The fraction of sp³-hybridized carbons (Fsp3) is 0.579. The molecule has 0 aromatic heterocycles. The maximum absolute atomic E-state index is 3.28. The topological polar surface area (TPSA) is 0 Å². The third-order valence-corrected chi connectivity index (χ3v) is 3.21. The van der Waals surface area contributed by atoms with Gasteiger partial charge in [-0.2, -0.15) is 0 Å². The zero-order valence-electron chi connectivity index (χ0n) is 13.4. The molecule has 0 nitrogen and oxygen atoms in total. The summed E-state index contributed by atoms with van der Waals surface area (Å²) in [7, 11) is 0. The Hall–Kier alpha value is -1.22. The first-order valence-electron chi connectivity index (χ1n) is 7.28. The van der Waals surface area contributed by atoms with E-state index >= 15 is 0 Å². The van der Waals surface area contributed by atoms with Crippen LogP contribution in [0.1, 0.15) is 71.9 Å². The molecular formula is C19H28. The minimum atomic E-state index is 0.221. The Labute approximate surface area is 119 Å². The van der Waals surface area contributed by atoms with E-state index in [0.717, 1.165) is 12.0 Å². The number of hydrogen-bond acceptors (Lipinski definition) is 0. The molecule has 0 bridgehead atoms. The Morgan fingerprint density at radius 2 is 1.47 bits per heavy atom. The van der Waals surface area contributed by atoms with Crippen molar-refractivity contribution in [2.45, 2.75) is 66.2 Å². The van der Waals surface area contributed by atoms with Crippen LogP contribution in [0.4, 0.5) is 0 Å². The highest BCUT2D eigenvalue weighted by Crippen LogP contribution is 2.22. The maximum Gasteiger partial charge on any atom is 0.0245 e. The van der Waals surface area contributed by atoms with Gasteiger partial charge >= 0.3 is 0 Å². The molecule has 1 rings (SSSR count). The molecule has 0 atom stereocenters. The van der Waals surface area contributed by atoms with Gasteiger partial charge in [-0.05, 0) is 41.4 Å². The summed E-state index contributed by atoms with van der Waals surface area (Å²) < 4.78 is 0. The molecule has 0 fully saturated rings. The summed E-state index contributed by atoms with van der Waals surface area (Å²) in [6.45, 7) is 13.6. The zero-order valence-corrected chi connectivity index (χ0v) is 13.4. The second-order valence-corrected chi connectivity index (χ2v) is 7.54. The highest BCUT2D eigenvalue weighted by atomic mass is 14.2. The summed E-state index contributed by atoms with van der Waals surface area (Å²) in [4.78, 5) is 0. The molecule has 0 radical (unpaired) electrons. The van der Waals surface area contributed by atoms with E-state index in [1.807, 2.05) is 0 Å². The van der Waals surface area contributed by atoms with E-state index in [4.69, 9.17) is 0 Å². The predicted octanol–water partition coefficient (Wildman–Crippen LogP) is 5.55. The number of rotatable bonds is 2. The molecule has 0 N–H and O–H groups in total. The Morgan fingerprint density at radius 3 is 1.95 bits per heavy atom. The first-order valence-corrected chi connectivity index (χ1v) is 7.28.